The van der Waals surface area contributed by atoms with Gasteiger partial charge < -0.3 is 10.1 Å². The molecule has 0 radical (unpaired) electrons. The molecule has 2 aromatic carbocycles. The van der Waals surface area contributed by atoms with Gasteiger partial charge >= 0.3 is 0 Å². The number of nitrogens with zero attached hydrogens (tertiary/aromatic N) is 3. The lowest BCUT2D eigenvalue weighted by atomic mass is 9.95. The maximum absolute atomic E-state index is 11.8. The number of fused-ring (bicyclic) bond motifs is 1. The molecule has 178 valence electrons. The molecule has 34 heavy (non-hydrogen) atoms. The highest BCUT2D eigenvalue weighted by molar-refractivity contribution is 7.91. The fourth-order valence-corrected chi connectivity index (χ4v) is 6.47. The Morgan fingerprint density at radius 1 is 1.06 bits per heavy atom. The molecule has 0 spiro atoms. The second-order valence-electron chi connectivity index (χ2n) is 9.16. The number of nitrogens with one attached hydrogen (secondary N) is 1. The first-order valence-corrected chi connectivity index (χ1v) is 13.5. The molecule has 0 amide bonds. The van der Waals surface area contributed by atoms with Crippen LogP contribution in [0.15, 0.2) is 48.5 Å². The van der Waals surface area contributed by atoms with Crippen LogP contribution in [-0.2, 0) is 22.8 Å². The molecule has 0 saturated carbocycles. The predicted octanol–water partition coefficient (Wildman–Crippen LogP) is 4.14. The van der Waals surface area contributed by atoms with E-state index in [4.69, 9.17) is 4.74 Å². The maximum Gasteiger partial charge on any atom is 0.233 e. The molecule has 1 aromatic heterocycles. The average molecular weight is 479 g/mol. The standard InChI is InChI=1S/C26H30N4O3S/c1-18-6-7-20(16-23(18)25-8-9-26(33-2)29-28-25)27-24-5-3-4-19-17-30(13-10-22(19)24)21-11-14-34(31,32)15-12-21/h3-9,16,21,27H,10-15,17H2,1-2H3. The molecule has 3 aromatic rings. The third kappa shape index (κ3) is 4.79. The molecular weight excluding hydrogens is 448 g/mol. The van der Waals surface area contributed by atoms with Gasteiger partial charge in [0.15, 0.2) is 0 Å². The first-order chi connectivity index (χ1) is 16.4. The number of hydrogen-bond acceptors (Lipinski definition) is 7. The fourth-order valence-electron chi connectivity index (χ4n) is 5.01. The van der Waals surface area contributed by atoms with Gasteiger partial charge in [-0.05, 0) is 67.1 Å². The quantitative estimate of drug-likeness (QED) is 0.590. The molecule has 8 heteroatoms. The molecule has 0 bridgehead atoms. The van der Waals surface area contributed by atoms with Gasteiger partial charge in [0.1, 0.15) is 9.84 Å². The highest BCUT2D eigenvalue weighted by Gasteiger charge is 2.30. The van der Waals surface area contributed by atoms with Crippen molar-refractivity contribution in [3.05, 3.63) is 65.2 Å². The monoisotopic (exact) mass is 478 g/mol. The lowest BCUT2D eigenvalue weighted by Crippen LogP contribution is -2.43. The molecule has 1 fully saturated rings. The van der Waals surface area contributed by atoms with Crippen LogP contribution < -0.4 is 10.1 Å². The van der Waals surface area contributed by atoms with Gasteiger partial charge in [0.05, 0.1) is 24.3 Å². The summed E-state index contributed by atoms with van der Waals surface area (Å²) in [5.41, 5.74) is 7.76. The van der Waals surface area contributed by atoms with Gasteiger partial charge in [-0.3, -0.25) is 4.90 Å². The molecule has 3 heterocycles. The molecule has 1 saturated heterocycles. The van der Waals surface area contributed by atoms with E-state index in [2.05, 4.69) is 63.7 Å². The highest BCUT2D eigenvalue weighted by Crippen LogP contribution is 2.33. The summed E-state index contributed by atoms with van der Waals surface area (Å²) in [6, 6.07) is 16.8. The zero-order valence-electron chi connectivity index (χ0n) is 19.6. The van der Waals surface area contributed by atoms with Crippen LogP contribution in [0.5, 0.6) is 5.88 Å². The average Bonchev–Trinajstić information content (AvgIpc) is 2.85. The van der Waals surface area contributed by atoms with Crippen LogP contribution in [-0.4, -0.2) is 54.7 Å². The van der Waals surface area contributed by atoms with Crippen molar-refractivity contribution in [1.29, 1.82) is 0 Å². The summed E-state index contributed by atoms with van der Waals surface area (Å²) in [6.07, 6.45) is 2.44. The van der Waals surface area contributed by atoms with Crippen LogP contribution in [0.1, 0.15) is 29.5 Å². The maximum atomic E-state index is 11.8. The summed E-state index contributed by atoms with van der Waals surface area (Å²) in [5, 5.41) is 12.0. The van der Waals surface area contributed by atoms with Gasteiger partial charge in [-0.1, -0.05) is 18.2 Å². The first-order valence-electron chi connectivity index (χ1n) is 11.7. The van der Waals surface area contributed by atoms with Gasteiger partial charge in [0, 0.05) is 42.1 Å². The Bertz CT molecular complexity index is 1280. The van der Waals surface area contributed by atoms with E-state index in [0.29, 0.717) is 23.4 Å². The van der Waals surface area contributed by atoms with E-state index in [1.807, 2.05) is 12.1 Å². The Morgan fingerprint density at radius 2 is 1.88 bits per heavy atom. The van der Waals surface area contributed by atoms with Crippen molar-refractivity contribution < 1.29 is 13.2 Å². The van der Waals surface area contributed by atoms with Gasteiger partial charge in [-0.25, -0.2) is 8.42 Å². The van der Waals surface area contributed by atoms with Gasteiger partial charge in [-0.2, -0.15) is 0 Å². The van der Waals surface area contributed by atoms with Gasteiger partial charge in [0.2, 0.25) is 5.88 Å². The summed E-state index contributed by atoms with van der Waals surface area (Å²) >= 11 is 0. The molecule has 2 aliphatic heterocycles. The topological polar surface area (TPSA) is 84.4 Å². The van der Waals surface area contributed by atoms with Crippen molar-refractivity contribution in [3.63, 3.8) is 0 Å². The molecule has 5 rings (SSSR count). The van der Waals surface area contributed by atoms with E-state index < -0.39 is 9.84 Å². The minimum atomic E-state index is -2.84. The second-order valence-corrected chi connectivity index (χ2v) is 11.5. The number of aryl methyl sites for hydroxylation is 1. The molecule has 7 nitrogen and oxygen atoms in total. The van der Waals surface area contributed by atoms with Crippen molar-refractivity contribution in [1.82, 2.24) is 15.1 Å². The first kappa shape index (κ1) is 22.8. The third-order valence-corrected chi connectivity index (χ3v) is 8.69. The largest absolute Gasteiger partial charge is 0.480 e. The number of ether oxygens (including phenoxy) is 1. The van der Waals surface area contributed by atoms with Crippen LogP contribution in [0.3, 0.4) is 0 Å². The fraction of sp³-hybridized carbons (Fsp3) is 0.385. The van der Waals surface area contributed by atoms with E-state index in [1.165, 1.54) is 11.1 Å². The summed E-state index contributed by atoms with van der Waals surface area (Å²) in [6.45, 7) is 3.90. The van der Waals surface area contributed by atoms with E-state index >= 15 is 0 Å². The number of benzene rings is 2. The Morgan fingerprint density at radius 3 is 2.62 bits per heavy atom. The van der Waals surface area contributed by atoms with E-state index in [9.17, 15) is 8.42 Å². The van der Waals surface area contributed by atoms with Crippen molar-refractivity contribution in [2.24, 2.45) is 0 Å². The van der Waals surface area contributed by atoms with Crippen LogP contribution in [0.2, 0.25) is 0 Å². The van der Waals surface area contributed by atoms with Crippen molar-refractivity contribution in [3.8, 4) is 17.1 Å². The molecule has 0 aliphatic carbocycles. The van der Waals surface area contributed by atoms with Crippen molar-refractivity contribution in [2.45, 2.75) is 38.8 Å². The number of methoxy groups -OCH3 is 1. The van der Waals surface area contributed by atoms with Crippen LogP contribution in [0.4, 0.5) is 11.4 Å². The Kier molecular flexibility index (Phi) is 6.27. The Hall–Kier alpha value is -2.97. The number of hydrogen-bond donors (Lipinski definition) is 1. The minimum absolute atomic E-state index is 0.316. The Labute approximate surface area is 201 Å². The van der Waals surface area contributed by atoms with Crippen LogP contribution in [0, 0.1) is 6.92 Å². The smallest absolute Gasteiger partial charge is 0.233 e. The predicted molar refractivity (Wildman–Crippen MR) is 134 cm³/mol. The van der Waals surface area contributed by atoms with Crippen molar-refractivity contribution >= 4 is 21.2 Å². The number of aromatic nitrogens is 2. The van der Waals surface area contributed by atoms with E-state index in [1.54, 1.807) is 7.11 Å². The third-order valence-electron chi connectivity index (χ3n) is 6.98. The normalized spacial score (nSPS) is 18.3. The Balaban J connectivity index is 1.34. The SMILES string of the molecule is COc1ccc(-c2cc(Nc3cccc4c3CCN(C3CCS(=O)(=O)CC3)C4)ccc2C)nn1. The van der Waals surface area contributed by atoms with Gasteiger partial charge in [0.25, 0.3) is 0 Å². The number of anilines is 2. The molecular formula is C26H30N4O3S. The number of sulfone groups is 1. The second kappa shape index (κ2) is 9.35. The molecule has 0 atom stereocenters. The lowest BCUT2D eigenvalue weighted by molar-refractivity contribution is 0.167. The lowest BCUT2D eigenvalue weighted by Gasteiger charge is -2.38. The van der Waals surface area contributed by atoms with E-state index in [0.717, 1.165) is 60.5 Å². The summed E-state index contributed by atoms with van der Waals surface area (Å²) in [4.78, 5) is 2.47. The van der Waals surface area contributed by atoms with Gasteiger partial charge in [-0.15, -0.1) is 10.2 Å². The zero-order valence-corrected chi connectivity index (χ0v) is 20.4. The highest BCUT2D eigenvalue weighted by atomic mass is 32.2. The number of rotatable bonds is 5. The molecule has 0 unspecified atom stereocenters. The van der Waals surface area contributed by atoms with Crippen LogP contribution >= 0.6 is 0 Å². The summed E-state index contributed by atoms with van der Waals surface area (Å²) in [7, 11) is -1.26. The zero-order chi connectivity index (χ0) is 23.7. The van der Waals surface area contributed by atoms with Crippen LogP contribution in [0.25, 0.3) is 11.3 Å². The molecule has 1 N–H and O–H groups in total. The summed E-state index contributed by atoms with van der Waals surface area (Å²) < 4.78 is 28.8. The van der Waals surface area contributed by atoms with E-state index in [-0.39, 0.29) is 0 Å². The minimum Gasteiger partial charge on any atom is -0.480 e. The van der Waals surface area contributed by atoms with Crippen molar-refractivity contribution in [2.75, 3.05) is 30.5 Å². The summed E-state index contributed by atoms with van der Waals surface area (Å²) in [5.74, 6) is 1.13. The molecule has 2 aliphatic rings.